The fourth-order valence-electron chi connectivity index (χ4n) is 3.99. The number of aliphatic hydroxyl groups is 2. The summed E-state index contributed by atoms with van der Waals surface area (Å²) < 4.78 is 6.52. The van der Waals surface area contributed by atoms with Crippen molar-refractivity contribution in [2.24, 2.45) is 5.41 Å². The number of carboxylic acids is 1. The third-order valence-corrected chi connectivity index (χ3v) is 19.9. The summed E-state index contributed by atoms with van der Waals surface area (Å²) in [5, 5.41) is 30.0. The number of carbonyl (C=O) groups is 1. The van der Waals surface area contributed by atoms with Crippen LogP contribution in [-0.4, -0.2) is 51.9 Å². The number of carboxylic acid groups (broad SMARTS) is 1. The molecule has 0 heterocycles. The van der Waals surface area contributed by atoms with Crippen LogP contribution in [0.4, 0.5) is 0 Å². The van der Waals surface area contributed by atoms with E-state index in [9.17, 15) is 15.0 Å². The van der Waals surface area contributed by atoms with E-state index in [0.29, 0.717) is 0 Å². The van der Waals surface area contributed by atoms with Crippen molar-refractivity contribution in [1.82, 2.24) is 0 Å². The number of hydrogen-bond acceptors (Lipinski definition) is 3. The molecule has 0 fully saturated rings. The van der Waals surface area contributed by atoms with E-state index in [1.54, 1.807) is 0 Å². The predicted octanol–water partition coefficient (Wildman–Crippen LogP) is 5.93. The molecule has 0 amide bonds. The van der Waals surface area contributed by atoms with Crippen molar-refractivity contribution in [3.05, 3.63) is 9.67 Å². The Morgan fingerprint density at radius 1 is 0.929 bits per heavy atom. The maximum atomic E-state index is 11.0. The predicted molar refractivity (Wildman–Crippen MR) is 121 cm³/mol. The van der Waals surface area contributed by atoms with Crippen LogP contribution in [0.5, 0.6) is 0 Å². The first kappa shape index (κ1) is 27.9. The number of unbranched alkanes of at least 4 members (excludes halogenated alkanes) is 3. The summed E-state index contributed by atoms with van der Waals surface area (Å²) in [6, 6.07) is 0. The summed E-state index contributed by atoms with van der Waals surface area (Å²) in [6.45, 7) is 13.1. The molecule has 2 atom stereocenters. The molecule has 0 radical (unpaired) electrons. The van der Waals surface area contributed by atoms with Crippen molar-refractivity contribution in [2.75, 3.05) is 0 Å². The second-order valence-corrected chi connectivity index (χ2v) is 22.4. The van der Waals surface area contributed by atoms with Gasteiger partial charge in [0.15, 0.2) is 0 Å². The number of rotatable bonds is 15. The number of aliphatic carboxylic acids is 1. The standard InChI is InChI=1S/C11H19O4.3C4H9.Sn/c1-7(11(2,3)4)9(13)5-8(12)6-10(14)15;3*1-3-4-2;/h1,8-9,12-13H,5-6H2,2-4H3,(H,14,15);3*1,3-4H2,2H3;/t8-,9+;;;;/m1..../s1. The van der Waals surface area contributed by atoms with Crippen molar-refractivity contribution >= 4 is 24.3 Å². The number of hydrogen-bond donors (Lipinski definition) is 3. The van der Waals surface area contributed by atoms with E-state index in [1.165, 1.54) is 51.8 Å². The Kier molecular flexibility index (Phi) is 14.0. The summed E-state index contributed by atoms with van der Waals surface area (Å²) in [4.78, 5) is 10.9. The van der Waals surface area contributed by atoms with E-state index in [1.807, 2.05) is 0 Å². The van der Waals surface area contributed by atoms with Gasteiger partial charge < -0.3 is 0 Å². The minimum absolute atomic E-state index is 0.104. The molecule has 4 nitrogen and oxygen atoms in total. The van der Waals surface area contributed by atoms with Gasteiger partial charge in [-0.3, -0.25) is 0 Å². The SMILES string of the molecule is CCC[CH2][Sn]([CH]=C([C@@H](O)C[C@@H](O)CC(=O)O)C(C)(C)C)([CH2]CCC)[CH2]CCC. The van der Waals surface area contributed by atoms with Crippen LogP contribution < -0.4 is 0 Å². The minimum atomic E-state index is -2.60. The van der Waals surface area contributed by atoms with Crippen LogP contribution in [0, 0.1) is 5.41 Å². The van der Waals surface area contributed by atoms with Gasteiger partial charge in [0.25, 0.3) is 0 Å². The second-order valence-electron chi connectivity index (χ2n) is 9.53. The third kappa shape index (κ3) is 11.2. The zero-order valence-electron chi connectivity index (χ0n) is 19.3. The first-order valence-electron chi connectivity index (χ1n) is 11.3. The van der Waals surface area contributed by atoms with Gasteiger partial charge in [-0.25, -0.2) is 0 Å². The summed E-state index contributed by atoms with van der Waals surface area (Å²) in [6.07, 6.45) is 5.40. The molecule has 0 saturated heterocycles. The first-order valence-corrected chi connectivity index (χ1v) is 19.0. The molecule has 0 aromatic carbocycles. The molecule has 0 aromatic heterocycles. The Hall–Kier alpha value is -0.0713. The Bertz CT molecular complexity index is 446. The molecular weight excluding hydrogens is 459 g/mol. The van der Waals surface area contributed by atoms with E-state index >= 15 is 0 Å². The van der Waals surface area contributed by atoms with Crippen LogP contribution in [-0.2, 0) is 4.79 Å². The molecule has 0 saturated carbocycles. The molecule has 3 N–H and O–H groups in total. The molecule has 0 aromatic rings. The normalized spacial score (nSPS) is 15.5. The molecule has 0 aliphatic heterocycles. The molecule has 28 heavy (non-hydrogen) atoms. The number of aliphatic hydroxyl groups excluding tert-OH is 2. The summed E-state index contributed by atoms with van der Waals surface area (Å²) >= 11 is -2.60. The van der Waals surface area contributed by atoms with Gasteiger partial charge in [0.1, 0.15) is 0 Å². The first-order chi connectivity index (χ1) is 13.0. The molecule has 0 aliphatic carbocycles. The molecule has 0 aliphatic rings. The molecule has 0 rings (SSSR count). The van der Waals surface area contributed by atoms with Crippen molar-refractivity contribution in [3.8, 4) is 0 Å². The fourth-order valence-corrected chi connectivity index (χ4v) is 20.1. The van der Waals surface area contributed by atoms with Crippen molar-refractivity contribution in [1.29, 1.82) is 0 Å². The quantitative estimate of drug-likeness (QED) is 0.241. The maximum absolute atomic E-state index is 11.0. The molecular formula is C23H46O4Sn. The van der Waals surface area contributed by atoms with Crippen LogP contribution in [0.1, 0.15) is 92.9 Å². The molecule has 0 spiro atoms. The average Bonchev–Trinajstić information content (AvgIpc) is 2.58. The van der Waals surface area contributed by atoms with Gasteiger partial charge in [-0.05, 0) is 0 Å². The third-order valence-electron chi connectivity index (χ3n) is 5.68. The second kappa shape index (κ2) is 14.0. The van der Waals surface area contributed by atoms with E-state index in [2.05, 4.69) is 45.6 Å². The van der Waals surface area contributed by atoms with Gasteiger partial charge in [-0.15, -0.1) is 0 Å². The molecule has 0 unspecified atom stereocenters. The van der Waals surface area contributed by atoms with Crippen molar-refractivity contribution in [2.45, 2.75) is 118 Å². The molecule has 166 valence electrons. The Morgan fingerprint density at radius 3 is 1.68 bits per heavy atom. The van der Waals surface area contributed by atoms with E-state index in [-0.39, 0.29) is 18.3 Å². The average molecular weight is 505 g/mol. The Labute approximate surface area is 177 Å². The van der Waals surface area contributed by atoms with Gasteiger partial charge in [0, 0.05) is 0 Å². The van der Waals surface area contributed by atoms with E-state index in [4.69, 9.17) is 5.11 Å². The van der Waals surface area contributed by atoms with Crippen LogP contribution in [0.25, 0.3) is 0 Å². The topological polar surface area (TPSA) is 77.8 Å². The Balaban J connectivity index is 5.89. The van der Waals surface area contributed by atoms with Gasteiger partial charge in [0.2, 0.25) is 0 Å². The zero-order chi connectivity index (χ0) is 21.8. The van der Waals surface area contributed by atoms with Gasteiger partial charge in [-0.2, -0.15) is 0 Å². The van der Waals surface area contributed by atoms with Gasteiger partial charge in [-0.1, -0.05) is 0 Å². The van der Waals surface area contributed by atoms with Crippen molar-refractivity contribution < 1.29 is 20.1 Å². The van der Waals surface area contributed by atoms with E-state index < -0.39 is 36.6 Å². The zero-order valence-corrected chi connectivity index (χ0v) is 22.1. The van der Waals surface area contributed by atoms with Crippen LogP contribution in [0.2, 0.25) is 13.3 Å². The Morgan fingerprint density at radius 2 is 1.36 bits per heavy atom. The van der Waals surface area contributed by atoms with Gasteiger partial charge in [0.05, 0.1) is 0 Å². The van der Waals surface area contributed by atoms with Crippen LogP contribution in [0.15, 0.2) is 9.67 Å². The summed E-state index contributed by atoms with van der Waals surface area (Å²) in [5.41, 5.74) is 0.853. The molecule has 0 bridgehead atoms. The van der Waals surface area contributed by atoms with Crippen molar-refractivity contribution in [3.63, 3.8) is 0 Å². The van der Waals surface area contributed by atoms with E-state index in [0.717, 1.165) is 5.57 Å². The fraction of sp³-hybridized carbons (Fsp3) is 0.870. The van der Waals surface area contributed by atoms with Gasteiger partial charge >= 0.3 is 178 Å². The monoisotopic (exact) mass is 506 g/mol. The van der Waals surface area contributed by atoms with Crippen LogP contribution in [0.3, 0.4) is 0 Å². The summed E-state index contributed by atoms with van der Waals surface area (Å²) in [7, 11) is 0. The van der Waals surface area contributed by atoms with Crippen LogP contribution >= 0.6 is 0 Å². The molecule has 5 heteroatoms. The summed E-state index contributed by atoms with van der Waals surface area (Å²) in [5.74, 6) is -1.02.